The zero-order valence-corrected chi connectivity index (χ0v) is 20.3. The van der Waals surface area contributed by atoms with Crippen molar-refractivity contribution < 1.29 is 0 Å². The molecule has 0 amide bonds. The predicted octanol–water partition coefficient (Wildman–Crippen LogP) is 7.40. The molecule has 0 spiro atoms. The lowest BCUT2D eigenvalue weighted by molar-refractivity contribution is 1.05. The fourth-order valence-corrected chi connectivity index (χ4v) is 11.6. The number of allylic oxidation sites excluding steroid dienone is 10. The molecule has 2 unspecified atom stereocenters. The van der Waals surface area contributed by atoms with E-state index in [0.29, 0.717) is 11.8 Å². The Morgan fingerprint density at radius 2 is 1.00 bits per heavy atom. The molecule has 0 fully saturated rings. The minimum Gasteiger partial charge on any atom is -0.0726 e. The molecule has 34 heavy (non-hydrogen) atoms. The Bertz CT molecular complexity index is 1410. The van der Waals surface area contributed by atoms with Crippen molar-refractivity contribution in [3.05, 3.63) is 161 Å². The highest BCUT2D eigenvalue weighted by Gasteiger charge is 2.49. The van der Waals surface area contributed by atoms with Crippen LogP contribution in [-0.4, -0.2) is 8.07 Å². The largest absolute Gasteiger partial charge is 0.147 e. The average molecular weight is 451 g/mol. The summed E-state index contributed by atoms with van der Waals surface area (Å²) in [5, 5.41) is 4.65. The molecule has 4 aliphatic rings. The first-order chi connectivity index (χ1) is 16.8. The van der Waals surface area contributed by atoms with E-state index in [1.165, 1.54) is 38.6 Å². The highest BCUT2D eigenvalue weighted by molar-refractivity contribution is 7.18. The first-order valence-corrected chi connectivity index (χ1v) is 14.7. The maximum absolute atomic E-state index is 2.60. The Balaban J connectivity index is 1.61. The smallest absolute Gasteiger partial charge is 0.0726 e. The van der Waals surface area contributed by atoms with Crippen molar-refractivity contribution in [2.45, 2.75) is 18.4 Å². The molecule has 0 heterocycles. The van der Waals surface area contributed by atoms with E-state index in [0.717, 1.165) is 0 Å². The van der Waals surface area contributed by atoms with Crippen LogP contribution in [0, 0.1) is 0 Å². The molecule has 3 aromatic carbocycles. The normalized spacial score (nSPS) is 23.0. The SMILES string of the molecule is C[Si](C1=C2C=CC=CC2c2ccccc21)(C1=C2C=CC=CC2c2ccccc21)c1ccccc1. The van der Waals surface area contributed by atoms with Crippen molar-refractivity contribution in [3.8, 4) is 0 Å². The fourth-order valence-electron chi connectivity index (χ4n) is 6.71. The van der Waals surface area contributed by atoms with E-state index in [2.05, 4.69) is 134 Å². The highest BCUT2D eigenvalue weighted by atomic mass is 28.3. The molecule has 0 saturated heterocycles. The van der Waals surface area contributed by atoms with Gasteiger partial charge in [-0.15, -0.1) is 0 Å². The summed E-state index contributed by atoms with van der Waals surface area (Å²) in [7, 11) is -2.39. The molecule has 4 aliphatic carbocycles. The van der Waals surface area contributed by atoms with Gasteiger partial charge >= 0.3 is 0 Å². The van der Waals surface area contributed by atoms with Gasteiger partial charge in [0.15, 0.2) is 0 Å². The second-order valence-corrected chi connectivity index (χ2v) is 13.6. The van der Waals surface area contributed by atoms with Gasteiger partial charge in [-0.1, -0.05) is 134 Å². The third-order valence-corrected chi connectivity index (χ3v) is 12.7. The average Bonchev–Trinajstić information content (AvgIpc) is 3.43. The first kappa shape index (κ1) is 19.8. The third kappa shape index (κ3) is 2.59. The highest BCUT2D eigenvalue weighted by Crippen LogP contribution is 2.55. The van der Waals surface area contributed by atoms with E-state index in [4.69, 9.17) is 0 Å². The Morgan fingerprint density at radius 3 is 1.53 bits per heavy atom. The van der Waals surface area contributed by atoms with E-state index in [1.54, 1.807) is 10.4 Å². The summed E-state index contributed by atoms with van der Waals surface area (Å²) in [6.45, 7) is 2.60. The maximum atomic E-state index is 2.60. The standard InChI is InChI=1S/C33H26Si/c1-34(23-13-3-2-4-14-23,32-28-19-9-5-15-24(28)25-16-6-10-20-29(25)32)33-30-21-11-7-17-26(30)27-18-8-12-22-31(27)33/h2-22,24,26H,1H3. The molecular formula is C33H26Si. The Labute approximate surface area is 202 Å². The topological polar surface area (TPSA) is 0 Å². The van der Waals surface area contributed by atoms with Gasteiger partial charge in [-0.3, -0.25) is 0 Å². The van der Waals surface area contributed by atoms with Crippen molar-refractivity contribution in [3.63, 3.8) is 0 Å². The summed E-state index contributed by atoms with van der Waals surface area (Å²) in [4.78, 5) is 0. The molecule has 0 aliphatic heterocycles. The van der Waals surface area contributed by atoms with Gasteiger partial charge < -0.3 is 0 Å². The van der Waals surface area contributed by atoms with Crippen molar-refractivity contribution in [2.75, 3.05) is 0 Å². The molecule has 0 N–H and O–H groups in total. The molecule has 0 aromatic heterocycles. The second-order valence-electron chi connectivity index (χ2n) is 9.77. The van der Waals surface area contributed by atoms with E-state index >= 15 is 0 Å². The fraction of sp³-hybridized carbons (Fsp3) is 0.0909. The molecular weight excluding hydrogens is 424 g/mol. The number of hydrogen-bond donors (Lipinski definition) is 0. The van der Waals surface area contributed by atoms with Crippen LogP contribution in [0.1, 0.15) is 34.1 Å². The summed E-state index contributed by atoms with van der Waals surface area (Å²) >= 11 is 0. The molecule has 2 atom stereocenters. The lowest BCUT2D eigenvalue weighted by atomic mass is 9.92. The minimum absolute atomic E-state index is 0.353. The monoisotopic (exact) mass is 450 g/mol. The van der Waals surface area contributed by atoms with Crippen LogP contribution >= 0.6 is 0 Å². The molecule has 162 valence electrons. The van der Waals surface area contributed by atoms with E-state index in [9.17, 15) is 0 Å². The molecule has 7 rings (SSSR count). The van der Waals surface area contributed by atoms with Gasteiger partial charge in [-0.25, -0.2) is 0 Å². The maximum Gasteiger partial charge on any atom is 0.147 e. The van der Waals surface area contributed by atoms with Gasteiger partial charge in [0.05, 0.1) is 0 Å². The van der Waals surface area contributed by atoms with Crippen LogP contribution in [0.5, 0.6) is 0 Å². The molecule has 1 heteroatoms. The first-order valence-electron chi connectivity index (χ1n) is 12.2. The van der Waals surface area contributed by atoms with Gasteiger partial charge in [0.2, 0.25) is 0 Å². The molecule has 3 aromatic rings. The number of hydrogen-bond acceptors (Lipinski definition) is 0. The molecule has 0 radical (unpaired) electrons. The number of benzene rings is 3. The summed E-state index contributed by atoms with van der Waals surface area (Å²) in [5.41, 5.74) is 8.78. The van der Waals surface area contributed by atoms with Gasteiger partial charge in [-0.05, 0) is 49.0 Å². The van der Waals surface area contributed by atoms with Gasteiger partial charge in [0.25, 0.3) is 0 Å². The Hall–Kier alpha value is -3.68. The lowest BCUT2D eigenvalue weighted by Crippen LogP contribution is -2.48. The van der Waals surface area contributed by atoms with Crippen molar-refractivity contribution in [1.82, 2.24) is 0 Å². The molecule has 0 saturated carbocycles. The Kier molecular flexibility index (Phi) is 4.31. The van der Waals surface area contributed by atoms with E-state index in [-0.39, 0.29) is 0 Å². The van der Waals surface area contributed by atoms with Gasteiger partial charge in [0.1, 0.15) is 8.07 Å². The van der Waals surface area contributed by atoms with Crippen molar-refractivity contribution in [1.29, 1.82) is 0 Å². The lowest BCUT2D eigenvalue weighted by Gasteiger charge is -2.35. The summed E-state index contributed by atoms with van der Waals surface area (Å²) in [6.07, 6.45) is 18.4. The molecule has 0 bridgehead atoms. The van der Waals surface area contributed by atoms with Crippen LogP contribution in [-0.2, 0) is 0 Å². The zero-order chi connectivity index (χ0) is 22.7. The summed E-state index contributed by atoms with van der Waals surface area (Å²) in [6, 6.07) is 29.6. The Morgan fingerprint density at radius 1 is 0.529 bits per heavy atom. The predicted molar refractivity (Wildman–Crippen MR) is 146 cm³/mol. The van der Waals surface area contributed by atoms with Crippen LogP contribution in [0.25, 0.3) is 10.4 Å². The quantitative estimate of drug-likeness (QED) is 0.365. The number of rotatable bonds is 3. The van der Waals surface area contributed by atoms with Crippen LogP contribution < -0.4 is 5.19 Å². The second kappa shape index (κ2) is 7.41. The van der Waals surface area contributed by atoms with Gasteiger partial charge in [0, 0.05) is 11.8 Å². The molecule has 0 nitrogen and oxygen atoms in total. The van der Waals surface area contributed by atoms with Crippen molar-refractivity contribution in [2.24, 2.45) is 0 Å². The van der Waals surface area contributed by atoms with Gasteiger partial charge in [-0.2, -0.15) is 0 Å². The van der Waals surface area contributed by atoms with Crippen LogP contribution in [0.3, 0.4) is 0 Å². The van der Waals surface area contributed by atoms with Crippen LogP contribution in [0.15, 0.2) is 139 Å². The summed E-state index contributed by atoms with van der Waals surface area (Å²) in [5.74, 6) is 0.707. The van der Waals surface area contributed by atoms with Crippen molar-refractivity contribution >= 4 is 23.7 Å². The zero-order valence-electron chi connectivity index (χ0n) is 19.3. The minimum atomic E-state index is -2.39. The number of fused-ring (bicyclic) bond motifs is 6. The van der Waals surface area contributed by atoms with Crippen LogP contribution in [0.2, 0.25) is 6.55 Å². The third-order valence-electron chi connectivity index (χ3n) is 8.11. The van der Waals surface area contributed by atoms with E-state index in [1.807, 2.05) is 0 Å². The van der Waals surface area contributed by atoms with E-state index < -0.39 is 8.07 Å². The summed E-state index contributed by atoms with van der Waals surface area (Å²) < 4.78 is 0. The van der Waals surface area contributed by atoms with Crippen LogP contribution in [0.4, 0.5) is 0 Å².